The number of rotatable bonds is 6. The van der Waals surface area contributed by atoms with Crippen LogP contribution < -0.4 is 5.32 Å². The molecule has 96 valence electrons. The lowest BCUT2D eigenvalue weighted by Gasteiger charge is -2.00. The molecule has 0 unspecified atom stereocenters. The molecular formula is C10H12N4O3S. The van der Waals surface area contributed by atoms with E-state index in [9.17, 15) is 9.59 Å². The van der Waals surface area contributed by atoms with Crippen molar-refractivity contribution in [2.45, 2.75) is 6.54 Å². The van der Waals surface area contributed by atoms with Gasteiger partial charge in [-0.2, -0.15) is 10.4 Å². The minimum atomic E-state index is -0.416. The molecule has 0 aromatic carbocycles. The number of anilines is 1. The smallest absolute Gasteiger partial charge is 0.327 e. The summed E-state index contributed by atoms with van der Waals surface area (Å²) in [5, 5.41) is 14.8. The van der Waals surface area contributed by atoms with Gasteiger partial charge in [0.2, 0.25) is 5.91 Å². The molecule has 0 saturated heterocycles. The molecule has 0 radical (unpaired) electrons. The zero-order chi connectivity index (χ0) is 13.4. The third kappa shape index (κ3) is 4.88. The van der Waals surface area contributed by atoms with Gasteiger partial charge in [0, 0.05) is 6.20 Å². The fourth-order valence-electron chi connectivity index (χ4n) is 1.10. The van der Waals surface area contributed by atoms with Gasteiger partial charge in [0.1, 0.15) is 6.54 Å². The van der Waals surface area contributed by atoms with Crippen LogP contribution in [0.3, 0.4) is 0 Å². The first kappa shape index (κ1) is 14.1. The van der Waals surface area contributed by atoms with Crippen LogP contribution in [-0.2, 0) is 20.9 Å². The Bertz CT molecular complexity index is 466. The maximum absolute atomic E-state index is 11.4. The second kappa shape index (κ2) is 7.34. The Kier molecular flexibility index (Phi) is 5.73. The number of carbonyl (C=O) groups excluding carboxylic acids is 2. The van der Waals surface area contributed by atoms with Crippen molar-refractivity contribution < 1.29 is 14.3 Å². The molecule has 7 nitrogen and oxygen atoms in total. The number of nitriles is 1. The number of amides is 1. The second-order valence-electron chi connectivity index (χ2n) is 3.20. The van der Waals surface area contributed by atoms with Gasteiger partial charge < -0.3 is 10.1 Å². The van der Waals surface area contributed by atoms with E-state index in [0.717, 1.165) is 0 Å². The zero-order valence-electron chi connectivity index (χ0n) is 9.75. The van der Waals surface area contributed by atoms with Crippen molar-refractivity contribution in [1.82, 2.24) is 9.78 Å². The van der Waals surface area contributed by atoms with Crippen LogP contribution in [0.1, 0.15) is 0 Å². The molecule has 0 saturated carbocycles. The molecule has 0 fully saturated rings. The predicted molar refractivity (Wildman–Crippen MR) is 65.8 cm³/mol. The molecule has 0 bridgehead atoms. The van der Waals surface area contributed by atoms with E-state index in [0.29, 0.717) is 5.69 Å². The minimum absolute atomic E-state index is 0.00441. The van der Waals surface area contributed by atoms with Crippen molar-refractivity contribution in [2.75, 3.05) is 23.9 Å². The van der Waals surface area contributed by atoms with Crippen molar-refractivity contribution in [3.63, 3.8) is 0 Å². The highest BCUT2D eigenvalue weighted by Crippen LogP contribution is 2.06. The lowest BCUT2D eigenvalue weighted by molar-refractivity contribution is -0.141. The number of esters is 1. The number of hydrogen-bond donors (Lipinski definition) is 1. The Balaban J connectivity index is 2.41. The van der Waals surface area contributed by atoms with Crippen LogP contribution in [0.2, 0.25) is 0 Å². The molecule has 0 aliphatic heterocycles. The second-order valence-corrected chi connectivity index (χ2v) is 4.19. The van der Waals surface area contributed by atoms with Crippen LogP contribution in [0.5, 0.6) is 0 Å². The summed E-state index contributed by atoms with van der Waals surface area (Å²) in [5.41, 5.74) is 0.501. The summed E-state index contributed by atoms with van der Waals surface area (Å²) in [4.78, 5) is 22.4. The van der Waals surface area contributed by atoms with E-state index < -0.39 is 5.97 Å². The molecule has 1 aromatic rings. The summed E-state index contributed by atoms with van der Waals surface area (Å²) >= 11 is 1.23. The van der Waals surface area contributed by atoms with E-state index in [-0.39, 0.29) is 24.0 Å². The molecule has 0 spiro atoms. The average molecular weight is 268 g/mol. The standard InChI is InChI=1S/C10H12N4O3S/c1-17-10(16)6-14-5-8(4-12-14)13-9(15)7-18-3-2-11/h4-5H,3,6-7H2,1H3,(H,13,15). The van der Waals surface area contributed by atoms with E-state index in [1.165, 1.54) is 35.9 Å². The lowest BCUT2D eigenvalue weighted by atomic mass is 10.5. The van der Waals surface area contributed by atoms with Crippen LogP contribution in [0.4, 0.5) is 5.69 Å². The van der Waals surface area contributed by atoms with Gasteiger partial charge in [-0.25, -0.2) is 0 Å². The van der Waals surface area contributed by atoms with Gasteiger partial charge in [0.15, 0.2) is 0 Å². The molecule has 1 heterocycles. The first-order chi connectivity index (χ1) is 8.65. The third-order valence-electron chi connectivity index (χ3n) is 1.84. The van der Waals surface area contributed by atoms with Crippen molar-refractivity contribution in [2.24, 2.45) is 0 Å². The monoisotopic (exact) mass is 268 g/mol. The molecule has 1 amide bonds. The summed E-state index contributed by atoms with van der Waals surface area (Å²) < 4.78 is 5.85. The Morgan fingerprint density at radius 1 is 1.67 bits per heavy atom. The highest BCUT2D eigenvalue weighted by Gasteiger charge is 2.07. The SMILES string of the molecule is COC(=O)Cn1cc(NC(=O)CSCC#N)cn1. The Morgan fingerprint density at radius 3 is 3.11 bits per heavy atom. The van der Waals surface area contributed by atoms with Crippen molar-refractivity contribution in [1.29, 1.82) is 5.26 Å². The number of thioether (sulfide) groups is 1. The predicted octanol–water partition coefficient (Wildman–Crippen LogP) is 0.251. The van der Waals surface area contributed by atoms with E-state index in [1.54, 1.807) is 0 Å². The quantitative estimate of drug-likeness (QED) is 0.587. The van der Waals surface area contributed by atoms with Gasteiger partial charge in [-0.3, -0.25) is 14.3 Å². The van der Waals surface area contributed by atoms with Gasteiger partial charge in [-0.05, 0) is 0 Å². The Hall–Kier alpha value is -2.01. The van der Waals surface area contributed by atoms with Gasteiger partial charge in [-0.15, -0.1) is 11.8 Å². The molecule has 8 heteroatoms. The Labute approximate surface area is 108 Å². The fraction of sp³-hybridized carbons (Fsp3) is 0.400. The largest absolute Gasteiger partial charge is 0.468 e. The number of ether oxygens (including phenoxy) is 1. The third-order valence-corrected chi connectivity index (χ3v) is 2.64. The lowest BCUT2D eigenvalue weighted by Crippen LogP contribution is -2.14. The minimum Gasteiger partial charge on any atom is -0.468 e. The summed E-state index contributed by atoms with van der Waals surface area (Å²) in [6, 6.07) is 1.93. The van der Waals surface area contributed by atoms with Gasteiger partial charge >= 0.3 is 5.97 Å². The highest BCUT2D eigenvalue weighted by molar-refractivity contribution is 8.00. The number of carbonyl (C=O) groups is 2. The summed E-state index contributed by atoms with van der Waals surface area (Å²) in [6.07, 6.45) is 2.97. The normalized spacial score (nSPS) is 9.56. The number of nitrogens with zero attached hydrogens (tertiary/aromatic N) is 3. The van der Waals surface area contributed by atoms with Gasteiger partial charge in [-0.1, -0.05) is 0 Å². The molecule has 0 atom stereocenters. The molecular weight excluding hydrogens is 256 g/mol. The fourth-order valence-corrected chi connectivity index (χ4v) is 1.55. The number of methoxy groups -OCH3 is 1. The summed E-state index contributed by atoms with van der Waals surface area (Å²) in [6.45, 7) is -0.00441. The van der Waals surface area contributed by atoms with E-state index in [2.05, 4.69) is 15.2 Å². The first-order valence-corrected chi connectivity index (χ1v) is 6.15. The van der Waals surface area contributed by atoms with Crippen LogP contribution in [-0.4, -0.2) is 40.3 Å². The maximum Gasteiger partial charge on any atom is 0.327 e. The molecule has 1 N–H and O–H groups in total. The zero-order valence-corrected chi connectivity index (χ0v) is 10.6. The molecule has 0 aliphatic rings. The van der Waals surface area contributed by atoms with Crippen molar-refractivity contribution in [3.8, 4) is 6.07 Å². The average Bonchev–Trinajstić information content (AvgIpc) is 2.76. The molecule has 18 heavy (non-hydrogen) atoms. The van der Waals surface area contributed by atoms with Crippen molar-refractivity contribution in [3.05, 3.63) is 12.4 Å². The first-order valence-electron chi connectivity index (χ1n) is 4.99. The van der Waals surface area contributed by atoms with E-state index in [4.69, 9.17) is 5.26 Å². The number of aromatic nitrogens is 2. The number of hydrogen-bond acceptors (Lipinski definition) is 6. The highest BCUT2D eigenvalue weighted by atomic mass is 32.2. The molecule has 0 aliphatic carbocycles. The maximum atomic E-state index is 11.4. The Morgan fingerprint density at radius 2 is 2.44 bits per heavy atom. The molecule has 1 aromatic heterocycles. The molecule has 1 rings (SSSR count). The van der Waals surface area contributed by atoms with E-state index >= 15 is 0 Å². The van der Waals surface area contributed by atoms with Crippen LogP contribution in [0, 0.1) is 11.3 Å². The topological polar surface area (TPSA) is 97.0 Å². The van der Waals surface area contributed by atoms with Gasteiger partial charge in [0.05, 0.1) is 36.6 Å². The van der Waals surface area contributed by atoms with Crippen LogP contribution in [0.25, 0.3) is 0 Å². The van der Waals surface area contributed by atoms with Crippen molar-refractivity contribution >= 4 is 29.3 Å². The summed E-state index contributed by atoms with van der Waals surface area (Å²) in [5.74, 6) is -0.154. The van der Waals surface area contributed by atoms with Crippen LogP contribution in [0.15, 0.2) is 12.4 Å². The number of nitrogens with one attached hydrogen (secondary N) is 1. The van der Waals surface area contributed by atoms with E-state index in [1.807, 2.05) is 6.07 Å². The van der Waals surface area contributed by atoms with Gasteiger partial charge in [0.25, 0.3) is 0 Å². The van der Waals surface area contributed by atoms with Crippen LogP contribution >= 0.6 is 11.8 Å². The summed E-state index contributed by atoms with van der Waals surface area (Å²) in [7, 11) is 1.29.